The van der Waals surface area contributed by atoms with E-state index in [1.807, 2.05) is 38.1 Å². The zero-order valence-electron chi connectivity index (χ0n) is 15.6. The molecule has 28 heavy (non-hydrogen) atoms. The third-order valence-electron chi connectivity index (χ3n) is 4.30. The van der Waals surface area contributed by atoms with Gasteiger partial charge in [0.05, 0.1) is 12.7 Å². The lowest BCUT2D eigenvalue weighted by Gasteiger charge is -2.02. The van der Waals surface area contributed by atoms with Crippen LogP contribution in [0.25, 0.3) is 11.0 Å². The van der Waals surface area contributed by atoms with Gasteiger partial charge in [-0.2, -0.15) is 0 Å². The van der Waals surface area contributed by atoms with Crippen LogP contribution in [0.2, 0.25) is 0 Å². The highest BCUT2D eigenvalue weighted by atomic mass is 32.2. The summed E-state index contributed by atoms with van der Waals surface area (Å²) in [5.41, 5.74) is 5.18. The van der Waals surface area contributed by atoms with E-state index in [0.29, 0.717) is 5.13 Å². The zero-order chi connectivity index (χ0) is 19.5. The summed E-state index contributed by atoms with van der Waals surface area (Å²) in [4.78, 5) is 12.5. The van der Waals surface area contributed by atoms with Gasteiger partial charge in [-0.3, -0.25) is 4.79 Å². The summed E-state index contributed by atoms with van der Waals surface area (Å²) in [5, 5.41) is 12.6. The van der Waals surface area contributed by atoms with Gasteiger partial charge in [0.1, 0.15) is 5.58 Å². The Morgan fingerprint density at radius 3 is 2.82 bits per heavy atom. The molecule has 0 saturated carbocycles. The molecule has 7 heteroatoms. The van der Waals surface area contributed by atoms with Crippen molar-refractivity contribution >= 4 is 45.1 Å². The largest absolute Gasteiger partial charge is 0.464 e. The number of nitrogens with zero attached hydrogens (tertiary/aromatic N) is 2. The number of aromatic nitrogens is 2. The van der Waals surface area contributed by atoms with Gasteiger partial charge in [0.2, 0.25) is 11.0 Å². The van der Waals surface area contributed by atoms with Crippen LogP contribution in [-0.2, 0) is 17.0 Å². The first kappa shape index (κ1) is 18.7. The number of rotatable bonds is 6. The fourth-order valence-electron chi connectivity index (χ4n) is 3.13. The molecule has 1 N–H and O–H groups in total. The number of aryl methyl sites for hydroxylation is 2. The quantitative estimate of drug-likeness (QED) is 0.342. The number of nitrogens with one attached hydrogen (secondary N) is 1. The topological polar surface area (TPSA) is 68.0 Å². The van der Waals surface area contributed by atoms with Gasteiger partial charge in [-0.05, 0) is 36.6 Å². The van der Waals surface area contributed by atoms with Crippen molar-refractivity contribution in [1.29, 1.82) is 0 Å². The van der Waals surface area contributed by atoms with E-state index >= 15 is 0 Å². The van der Waals surface area contributed by atoms with E-state index in [1.54, 1.807) is 18.0 Å². The van der Waals surface area contributed by atoms with Crippen LogP contribution in [-0.4, -0.2) is 16.1 Å². The molecule has 0 saturated heterocycles. The van der Waals surface area contributed by atoms with Crippen molar-refractivity contribution < 1.29 is 9.21 Å². The van der Waals surface area contributed by atoms with Crippen molar-refractivity contribution in [2.45, 2.75) is 30.4 Å². The summed E-state index contributed by atoms with van der Waals surface area (Å²) in [6.45, 7) is 4.07. The Labute approximate surface area is 171 Å². The molecule has 2 aromatic carbocycles. The number of amides is 1. The van der Waals surface area contributed by atoms with Crippen molar-refractivity contribution in [3.63, 3.8) is 0 Å². The Balaban J connectivity index is 1.39. The maximum Gasteiger partial charge on any atom is 0.230 e. The van der Waals surface area contributed by atoms with Crippen LogP contribution in [0.4, 0.5) is 5.13 Å². The number of hydrogen-bond donors (Lipinski definition) is 1. The maximum absolute atomic E-state index is 12.5. The van der Waals surface area contributed by atoms with E-state index in [2.05, 4.69) is 33.7 Å². The highest BCUT2D eigenvalue weighted by Crippen LogP contribution is 2.29. The fourth-order valence-corrected chi connectivity index (χ4v) is 4.86. The van der Waals surface area contributed by atoms with Gasteiger partial charge in [0.15, 0.2) is 4.34 Å². The minimum absolute atomic E-state index is 0.126. The molecule has 2 heterocycles. The SMILES string of the molecule is Cc1cc(C)c2c(CC(=O)Nc3nnc(SCc4ccccc4)s3)coc2c1. The highest BCUT2D eigenvalue weighted by Gasteiger charge is 2.15. The number of anilines is 1. The second kappa shape index (κ2) is 8.16. The molecular formula is C21H19N3O2S2. The average molecular weight is 410 g/mol. The molecule has 0 aliphatic heterocycles. The number of thioether (sulfide) groups is 1. The molecule has 5 nitrogen and oxygen atoms in total. The van der Waals surface area contributed by atoms with E-state index in [1.165, 1.54) is 16.9 Å². The van der Waals surface area contributed by atoms with Crippen molar-refractivity contribution in [1.82, 2.24) is 10.2 Å². The number of furan rings is 1. The lowest BCUT2D eigenvalue weighted by molar-refractivity contribution is -0.115. The smallest absolute Gasteiger partial charge is 0.230 e. The van der Waals surface area contributed by atoms with Gasteiger partial charge >= 0.3 is 0 Å². The Bertz CT molecular complexity index is 1120. The van der Waals surface area contributed by atoms with Crippen LogP contribution in [0.3, 0.4) is 0 Å². The lowest BCUT2D eigenvalue weighted by atomic mass is 10.0. The van der Waals surface area contributed by atoms with Crippen LogP contribution >= 0.6 is 23.1 Å². The number of fused-ring (bicyclic) bond motifs is 1. The molecular weight excluding hydrogens is 390 g/mol. The molecule has 4 rings (SSSR count). The molecule has 142 valence electrons. The summed E-state index contributed by atoms with van der Waals surface area (Å²) in [7, 11) is 0. The van der Waals surface area contributed by atoms with Crippen molar-refractivity contribution in [2.24, 2.45) is 0 Å². The summed E-state index contributed by atoms with van der Waals surface area (Å²) in [5.74, 6) is 0.696. The van der Waals surface area contributed by atoms with E-state index in [0.717, 1.165) is 37.8 Å². The van der Waals surface area contributed by atoms with Crippen LogP contribution in [0.1, 0.15) is 22.3 Å². The number of benzene rings is 2. The van der Waals surface area contributed by atoms with E-state index in [9.17, 15) is 4.79 Å². The Morgan fingerprint density at radius 1 is 1.18 bits per heavy atom. The molecule has 1 amide bonds. The second-order valence-electron chi connectivity index (χ2n) is 6.59. The first-order valence-corrected chi connectivity index (χ1v) is 10.7. The third-order valence-corrected chi connectivity index (χ3v) is 6.35. The molecule has 0 aliphatic carbocycles. The normalized spacial score (nSPS) is 11.1. The molecule has 0 spiro atoms. The van der Waals surface area contributed by atoms with Gasteiger partial charge in [-0.25, -0.2) is 0 Å². The standard InChI is InChI=1S/C21H19N3O2S2/c1-13-8-14(2)19-16(11-26-17(19)9-13)10-18(25)22-20-23-24-21(28-20)27-12-15-6-4-3-5-7-15/h3-9,11H,10,12H2,1-2H3,(H,22,23,25). The highest BCUT2D eigenvalue weighted by molar-refractivity contribution is 8.00. The van der Waals surface area contributed by atoms with Crippen LogP contribution in [0.15, 0.2) is 57.5 Å². The van der Waals surface area contributed by atoms with Gasteiger partial charge in [0.25, 0.3) is 0 Å². The predicted molar refractivity (Wildman–Crippen MR) is 114 cm³/mol. The Hall–Kier alpha value is -2.64. The van der Waals surface area contributed by atoms with Crippen molar-refractivity contribution in [2.75, 3.05) is 5.32 Å². The van der Waals surface area contributed by atoms with Crippen LogP contribution in [0, 0.1) is 13.8 Å². The maximum atomic E-state index is 12.5. The lowest BCUT2D eigenvalue weighted by Crippen LogP contribution is -2.14. The number of carbonyl (C=O) groups is 1. The summed E-state index contributed by atoms with van der Waals surface area (Å²) in [6, 6.07) is 14.3. The minimum Gasteiger partial charge on any atom is -0.464 e. The van der Waals surface area contributed by atoms with Gasteiger partial charge in [0, 0.05) is 16.7 Å². The van der Waals surface area contributed by atoms with Crippen molar-refractivity contribution in [3.05, 3.63) is 71.0 Å². The molecule has 2 aromatic heterocycles. The Morgan fingerprint density at radius 2 is 2.00 bits per heavy atom. The average Bonchev–Trinajstić information content (AvgIpc) is 3.28. The van der Waals surface area contributed by atoms with Gasteiger partial charge in [-0.15, -0.1) is 10.2 Å². The zero-order valence-corrected chi connectivity index (χ0v) is 17.2. The third kappa shape index (κ3) is 4.26. The molecule has 4 aromatic rings. The Kier molecular flexibility index (Phi) is 5.45. The molecule has 0 atom stereocenters. The number of hydrogen-bond acceptors (Lipinski definition) is 6. The summed E-state index contributed by atoms with van der Waals surface area (Å²) < 4.78 is 6.46. The van der Waals surface area contributed by atoms with E-state index < -0.39 is 0 Å². The van der Waals surface area contributed by atoms with Crippen molar-refractivity contribution in [3.8, 4) is 0 Å². The number of carbonyl (C=O) groups excluding carboxylic acids is 1. The first-order chi connectivity index (χ1) is 13.6. The first-order valence-electron chi connectivity index (χ1n) is 8.86. The van der Waals surface area contributed by atoms with E-state index in [-0.39, 0.29) is 12.3 Å². The minimum atomic E-state index is -0.126. The fraction of sp³-hybridized carbons (Fsp3) is 0.190. The van der Waals surface area contributed by atoms with Crippen LogP contribution < -0.4 is 5.32 Å². The summed E-state index contributed by atoms with van der Waals surface area (Å²) in [6.07, 6.45) is 1.90. The van der Waals surface area contributed by atoms with Gasteiger partial charge < -0.3 is 9.73 Å². The second-order valence-corrected chi connectivity index (χ2v) is 8.79. The molecule has 0 radical (unpaired) electrons. The predicted octanol–water partition coefficient (Wildman–Crippen LogP) is 5.37. The molecule has 0 aliphatic rings. The van der Waals surface area contributed by atoms with Gasteiger partial charge in [-0.1, -0.05) is 59.5 Å². The molecule has 0 fully saturated rings. The molecule has 0 bridgehead atoms. The van der Waals surface area contributed by atoms with E-state index in [4.69, 9.17) is 4.42 Å². The summed E-state index contributed by atoms with van der Waals surface area (Å²) >= 11 is 3.00. The monoisotopic (exact) mass is 409 g/mol. The molecule has 0 unspecified atom stereocenters. The van der Waals surface area contributed by atoms with Crippen LogP contribution in [0.5, 0.6) is 0 Å².